The van der Waals surface area contributed by atoms with E-state index in [0.717, 1.165) is 5.92 Å². The molecule has 0 radical (unpaired) electrons. The molecule has 136 valence electrons. The summed E-state index contributed by atoms with van der Waals surface area (Å²) in [7, 11) is -0.390. The molecule has 0 aliphatic heterocycles. The maximum absolute atomic E-state index is 2.62. The topological polar surface area (TPSA) is 0 Å². The number of hydrogen-bond donors (Lipinski definition) is 0. The van der Waals surface area contributed by atoms with Gasteiger partial charge in [0.05, 0.1) is 0 Å². The lowest BCUT2D eigenvalue weighted by Gasteiger charge is -2.39. The standard InChI is InChI=1S/C25H31P/c1-16-11-18(3)23(19(4)12-16)26(25-9-7-22(15-25)8-10-25)24-20(5)13-17(2)14-21(24)6/h7,9,11-14,22H,8,10,15H2,1-6H3. The lowest BCUT2D eigenvalue weighted by molar-refractivity contribution is 0.699. The number of fused-ring (bicyclic) bond motifs is 2. The second kappa shape index (κ2) is 6.35. The van der Waals surface area contributed by atoms with Gasteiger partial charge in [-0.15, -0.1) is 0 Å². The molecule has 0 amide bonds. The van der Waals surface area contributed by atoms with E-state index in [1.807, 2.05) is 0 Å². The molecule has 0 aromatic heterocycles. The summed E-state index contributed by atoms with van der Waals surface area (Å²) in [5, 5.41) is 3.66. The summed E-state index contributed by atoms with van der Waals surface area (Å²) in [5.41, 5.74) is 8.74. The summed E-state index contributed by atoms with van der Waals surface area (Å²) in [6.45, 7) is 13.8. The summed E-state index contributed by atoms with van der Waals surface area (Å²) >= 11 is 0. The Labute approximate surface area is 160 Å². The van der Waals surface area contributed by atoms with Gasteiger partial charge in [-0.1, -0.05) is 47.5 Å². The van der Waals surface area contributed by atoms with E-state index in [2.05, 4.69) is 78.0 Å². The first-order valence-electron chi connectivity index (χ1n) is 9.96. The van der Waals surface area contributed by atoms with Crippen molar-refractivity contribution >= 4 is 18.5 Å². The highest BCUT2D eigenvalue weighted by atomic mass is 31.1. The van der Waals surface area contributed by atoms with Crippen molar-refractivity contribution in [3.05, 3.63) is 69.8 Å². The Hall–Kier alpha value is -1.39. The number of benzene rings is 2. The first-order valence-corrected chi connectivity index (χ1v) is 11.3. The predicted octanol–water partition coefficient (Wildman–Crippen LogP) is 6.08. The van der Waals surface area contributed by atoms with Crippen LogP contribution in [0.1, 0.15) is 52.6 Å². The van der Waals surface area contributed by atoms with Crippen LogP contribution < -0.4 is 10.6 Å². The largest absolute Gasteiger partial charge is 0.0844 e. The van der Waals surface area contributed by atoms with Crippen molar-refractivity contribution in [3.8, 4) is 0 Å². The fourth-order valence-electron chi connectivity index (χ4n) is 5.61. The monoisotopic (exact) mass is 362 g/mol. The molecule has 0 N–H and O–H groups in total. The Morgan fingerprint density at radius 1 is 0.769 bits per heavy atom. The van der Waals surface area contributed by atoms with Gasteiger partial charge in [0.1, 0.15) is 0 Å². The highest BCUT2D eigenvalue weighted by Gasteiger charge is 2.48. The van der Waals surface area contributed by atoms with Crippen molar-refractivity contribution in [3.63, 3.8) is 0 Å². The van der Waals surface area contributed by atoms with E-state index in [0.29, 0.717) is 5.16 Å². The van der Waals surface area contributed by atoms with Gasteiger partial charge in [-0.05, 0) is 108 Å². The summed E-state index contributed by atoms with van der Waals surface area (Å²) < 4.78 is 0. The Morgan fingerprint density at radius 2 is 1.23 bits per heavy atom. The smallest absolute Gasteiger partial charge is 0.0170 e. The van der Waals surface area contributed by atoms with Gasteiger partial charge < -0.3 is 0 Å². The lowest BCUT2D eigenvalue weighted by atomic mass is 10.1. The zero-order valence-corrected chi connectivity index (χ0v) is 18.0. The summed E-state index contributed by atoms with van der Waals surface area (Å²) in [6, 6.07) is 9.60. The molecule has 2 aliphatic rings. The lowest BCUT2D eigenvalue weighted by Crippen LogP contribution is -2.34. The summed E-state index contributed by atoms with van der Waals surface area (Å²) in [6.07, 6.45) is 9.24. The van der Waals surface area contributed by atoms with Crippen molar-refractivity contribution < 1.29 is 0 Å². The quantitative estimate of drug-likeness (QED) is 0.458. The number of allylic oxidation sites excluding steroid dienone is 2. The molecule has 4 rings (SSSR count). The zero-order valence-electron chi connectivity index (χ0n) is 17.1. The molecule has 2 bridgehead atoms. The van der Waals surface area contributed by atoms with E-state index in [4.69, 9.17) is 0 Å². The van der Waals surface area contributed by atoms with E-state index >= 15 is 0 Å². The highest BCUT2D eigenvalue weighted by molar-refractivity contribution is 7.75. The van der Waals surface area contributed by atoms with Crippen molar-refractivity contribution in [1.82, 2.24) is 0 Å². The molecular formula is C25H31P. The minimum Gasteiger partial charge on any atom is -0.0844 e. The van der Waals surface area contributed by atoms with Crippen LogP contribution in [-0.2, 0) is 0 Å². The third-order valence-corrected chi connectivity index (χ3v) is 10.2. The van der Waals surface area contributed by atoms with E-state index in [1.165, 1.54) is 52.6 Å². The van der Waals surface area contributed by atoms with E-state index in [-0.39, 0.29) is 7.92 Å². The fourth-order valence-corrected chi connectivity index (χ4v) is 9.40. The minimum atomic E-state index is -0.390. The van der Waals surface area contributed by atoms with Gasteiger partial charge in [0.25, 0.3) is 0 Å². The first-order chi connectivity index (χ1) is 12.3. The molecule has 2 aromatic carbocycles. The number of rotatable bonds is 3. The molecule has 1 heteroatoms. The van der Waals surface area contributed by atoms with Crippen molar-refractivity contribution in [1.29, 1.82) is 0 Å². The average molecular weight is 362 g/mol. The van der Waals surface area contributed by atoms with Crippen LogP contribution in [0.25, 0.3) is 0 Å². The fraction of sp³-hybridized carbons (Fsp3) is 0.440. The third kappa shape index (κ3) is 2.78. The van der Waals surface area contributed by atoms with Crippen LogP contribution in [0, 0.1) is 47.5 Å². The predicted molar refractivity (Wildman–Crippen MR) is 117 cm³/mol. The molecule has 1 fully saturated rings. The van der Waals surface area contributed by atoms with Gasteiger partial charge in [0.15, 0.2) is 0 Å². The van der Waals surface area contributed by atoms with Crippen molar-refractivity contribution in [2.75, 3.05) is 0 Å². The van der Waals surface area contributed by atoms with Crippen LogP contribution in [0.5, 0.6) is 0 Å². The maximum Gasteiger partial charge on any atom is 0.0170 e. The summed E-state index contributed by atoms with van der Waals surface area (Å²) in [4.78, 5) is 0. The molecule has 2 unspecified atom stereocenters. The Balaban J connectivity index is 2.00. The molecule has 0 spiro atoms. The first kappa shape index (κ1) is 18.0. The van der Waals surface area contributed by atoms with Gasteiger partial charge >= 0.3 is 0 Å². The molecule has 26 heavy (non-hydrogen) atoms. The third-order valence-electron chi connectivity index (χ3n) is 6.41. The second-order valence-corrected chi connectivity index (χ2v) is 11.3. The van der Waals surface area contributed by atoms with Crippen LogP contribution in [0.15, 0.2) is 36.4 Å². The van der Waals surface area contributed by atoms with Crippen LogP contribution in [-0.4, -0.2) is 5.16 Å². The summed E-state index contributed by atoms with van der Waals surface area (Å²) in [5.74, 6) is 0.817. The minimum absolute atomic E-state index is 0.371. The SMILES string of the molecule is Cc1cc(C)c(P(c2c(C)cc(C)cc2C)C23C=CC(CC2)C3)c(C)c1. The average Bonchev–Trinajstić information content (AvgIpc) is 3.13. The van der Waals surface area contributed by atoms with Crippen LogP contribution in [0.3, 0.4) is 0 Å². The van der Waals surface area contributed by atoms with Crippen molar-refractivity contribution in [2.24, 2.45) is 5.92 Å². The number of aryl methyl sites for hydroxylation is 6. The highest BCUT2D eigenvalue weighted by Crippen LogP contribution is 2.63. The van der Waals surface area contributed by atoms with E-state index < -0.39 is 0 Å². The zero-order chi connectivity index (χ0) is 18.6. The maximum atomic E-state index is 2.62. The molecule has 0 heterocycles. The Bertz CT molecular complexity index is 801. The van der Waals surface area contributed by atoms with Gasteiger partial charge in [0, 0.05) is 5.16 Å². The van der Waals surface area contributed by atoms with E-state index in [1.54, 1.807) is 10.6 Å². The van der Waals surface area contributed by atoms with Crippen LogP contribution in [0.2, 0.25) is 0 Å². The molecule has 0 saturated heterocycles. The van der Waals surface area contributed by atoms with Gasteiger partial charge in [-0.2, -0.15) is 0 Å². The van der Waals surface area contributed by atoms with Gasteiger partial charge in [0.2, 0.25) is 0 Å². The van der Waals surface area contributed by atoms with E-state index in [9.17, 15) is 0 Å². The normalized spacial score (nSPS) is 24.0. The molecule has 0 nitrogen and oxygen atoms in total. The Kier molecular flexibility index (Phi) is 4.39. The molecule has 2 aliphatic carbocycles. The van der Waals surface area contributed by atoms with Gasteiger partial charge in [-0.25, -0.2) is 0 Å². The van der Waals surface area contributed by atoms with Gasteiger partial charge in [-0.3, -0.25) is 0 Å². The van der Waals surface area contributed by atoms with Crippen molar-refractivity contribution in [2.45, 2.75) is 66.0 Å². The number of hydrogen-bond acceptors (Lipinski definition) is 0. The second-order valence-electron chi connectivity index (χ2n) is 8.80. The molecule has 2 atom stereocenters. The molecule has 1 saturated carbocycles. The van der Waals surface area contributed by atoms with Crippen LogP contribution in [0.4, 0.5) is 0 Å². The molecular weight excluding hydrogens is 331 g/mol. The Morgan fingerprint density at radius 3 is 1.54 bits per heavy atom. The molecule has 2 aromatic rings. The van der Waals surface area contributed by atoms with Crippen LogP contribution >= 0.6 is 7.92 Å².